The van der Waals surface area contributed by atoms with Crippen LogP contribution in [0.5, 0.6) is 0 Å². The van der Waals surface area contributed by atoms with Crippen LogP contribution in [-0.4, -0.2) is 36.4 Å². The van der Waals surface area contributed by atoms with Gasteiger partial charge in [-0.1, -0.05) is 0 Å². The van der Waals surface area contributed by atoms with Crippen molar-refractivity contribution in [1.82, 2.24) is 4.98 Å². The maximum Gasteiger partial charge on any atom is 0.497 e. The Hall–Kier alpha value is -1.40. The number of rotatable bonds is 2. The molecule has 0 bridgehead atoms. The van der Waals surface area contributed by atoms with Crippen LogP contribution in [0.3, 0.4) is 0 Å². The van der Waals surface area contributed by atoms with E-state index in [1.165, 1.54) is 7.11 Å². The standard InChI is InChI=1S/C14H20BNO4/c1-9-7-10(12(17)18-6)11(8-16-9)15-19-13(2,3)14(4,5)20-15/h7-8H,1-6H3. The van der Waals surface area contributed by atoms with Gasteiger partial charge in [0.2, 0.25) is 0 Å². The Labute approximate surface area is 119 Å². The van der Waals surface area contributed by atoms with Crippen molar-refractivity contribution < 1.29 is 18.8 Å². The third-order valence-corrected chi connectivity index (χ3v) is 3.98. The molecule has 0 atom stereocenters. The lowest BCUT2D eigenvalue weighted by Gasteiger charge is -2.32. The number of hydrogen-bond acceptors (Lipinski definition) is 5. The molecule has 1 aromatic heterocycles. The van der Waals surface area contributed by atoms with Crippen LogP contribution in [0.4, 0.5) is 0 Å². The second-order valence-electron chi connectivity index (χ2n) is 5.99. The summed E-state index contributed by atoms with van der Waals surface area (Å²) in [5.41, 5.74) is 0.844. The van der Waals surface area contributed by atoms with Gasteiger partial charge in [-0.3, -0.25) is 4.98 Å². The highest BCUT2D eigenvalue weighted by atomic mass is 16.7. The van der Waals surface area contributed by atoms with Crippen LogP contribution in [0.15, 0.2) is 12.3 Å². The Balaban J connectivity index is 2.42. The maximum atomic E-state index is 11.9. The summed E-state index contributed by atoms with van der Waals surface area (Å²) >= 11 is 0. The van der Waals surface area contributed by atoms with Crippen molar-refractivity contribution >= 4 is 18.6 Å². The lowest BCUT2D eigenvalue weighted by molar-refractivity contribution is 0.00578. The first-order valence-electron chi connectivity index (χ1n) is 6.58. The Morgan fingerprint density at radius 1 is 1.25 bits per heavy atom. The van der Waals surface area contributed by atoms with E-state index in [1.54, 1.807) is 12.3 Å². The van der Waals surface area contributed by atoms with Crippen molar-refractivity contribution in [3.05, 3.63) is 23.5 Å². The molecule has 2 rings (SSSR count). The molecule has 6 heteroatoms. The molecule has 1 saturated heterocycles. The fourth-order valence-corrected chi connectivity index (χ4v) is 2.01. The van der Waals surface area contributed by atoms with Gasteiger partial charge in [0.25, 0.3) is 0 Å². The Kier molecular flexibility index (Phi) is 3.65. The first-order valence-corrected chi connectivity index (χ1v) is 6.58. The number of aryl methyl sites for hydroxylation is 1. The summed E-state index contributed by atoms with van der Waals surface area (Å²) in [4.78, 5) is 16.1. The van der Waals surface area contributed by atoms with Gasteiger partial charge in [-0.15, -0.1) is 0 Å². The highest BCUT2D eigenvalue weighted by Gasteiger charge is 2.52. The number of ether oxygens (including phenoxy) is 1. The van der Waals surface area contributed by atoms with E-state index >= 15 is 0 Å². The van der Waals surface area contributed by atoms with Crippen LogP contribution in [0, 0.1) is 6.92 Å². The second kappa shape index (κ2) is 4.86. The van der Waals surface area contributed by atoms with E-state index < -0.39 is 24.3 Å². The molecule has 1 aliphatic heterocycles. The molecular weight excluding hydrogens is 257 g/mol. The first kappa shape index (κ1) is 15.0. The van der Waals surface area contributed by atoms with Crippen LogP contribution in [-0.2, 0) is 14.0 Å². The fourth-order valence-electron chi connectivity index (χ4n) is 2.01. The zero-order valence-electron chi connectivity index (χ0n) is 12.8. The van der Waals surface area contributed by atoms with Gasteiger partial charge in [-0.2, -0.15) is 0 Å². The van der Waals surface area contributed by atoms with E-state index in [4.69, 9.17) is 14.0 Å². The summed E-state index contributed by atoms with van der Waals surface area (Å²) in [6.45, 7) is 9.68. The quantitative estimate of drug-likeness (QED) is 0.605. The van der Waals surface area contributed by atoms with Crippen molar-refractivity contribution in [3.63, 3.8) is 0 Å². The van der Waals surface area contributed by atoms with Crippen molar-refractivity contribution in [2.45, 2.75) is 45.8 Å². The molecule has 5 nitrogen and oxygen atoms in total. The molecule has 0 saturated carbocycles. The van der Waals surface area contributed by atoms with Gasteiger partial charge >= 0.3 is 13.1 Å². The normalized spacial score (nSPS) is 20.0. The summed E-state index contributed by atoms with van der Waals surface area (Å²) in [5, 5.41) is 0. The minimum Gasteiger partial charge on any atom is -0.465 e. The number of hydrogen-bond donors (Lipinski definition) is 0. The third-order valence-electron chi connectivity index (χ3n) is 3.98. The molecule has 1 aromatic rings. The lowest BCUT2D eigenvalue weighted by atomic mass is 9.77. The van der Waals surface area contributed by atoms with Crippen molar-refractivity contribution in [3.8, 4) is 0 Å². The number of nitrogens with zero attached hydrogens (tertiary/aromatic N) is 1. The Morgan fingerprint density at radius 3 is 2.30 bits per heavy atom. The van der Waals surface area contributed by atoms with Gasteiger partial charge in [0.15, 0.2) is 0 Å². The van der Waals surface area contributed by atoms with Crippen LogP contribution in [0.25, 0.3) is 0 Å². The predicted molar refractivity (Wildman–Crippen MR) is 76.0 cm³/mol. The molecule has 0 aromatic carbocycles. The Bertz CT molecular complexity index is 526. The van der Waals surface area contributed by atoms with Crippen molar-refractivity contribution in [2.75, 3.05) is 7.11 Å². The molecule has 1 aliphatic rings. The number of aromatic nitrogens is 1. The first-order chi connectivity index (χ1) is 9.18. The minimum absolute atomic E-state index is 0.416. The summed E-state index contributed by atoms with van der Waals surface area (Å²) in [6, 6.07) is 1.69. The molecule has 0 N–H and O–H groups in total. The predicted octanol–water partition coefficient (Wildman–Crippen LogP) is 1.48. The van der Waals surface area contributed by atoms with E-state index in [0.717, 1.165) is 5.69 Å². The summed E-state index contributed by atoms with van der Waals surface area (Å²) < 4.78 is 16.7. The molecule has 108 valence electrons. The lowest BCUT2D eigenvalue weighted by Crippen LogP contribution is -2.41. The van der Waals surface area contributed by atoms with E-state index in [0.29, 0.717) is 11.0 Å². The zero-order valence-corrected chi connectivity index (χ0v) is 12.8. The van der Waals surface area contributed by atoms with E-state index in [2.05, 4.69) is 4.98 Å². The average molecular weight is 277 g/mol. The smallest absolute Gasteiger partial charge is 0.465 e. The molecule has 0 aliphatic carbocycles. The monoisotopic (exact) mass is 277 g/mol. The van der Waals surface area contributed by atoms with Crippen LogP contribution < -0.4 is 5.46 Å². The highest BCUT2D eigenvalue weighted by molar-refractivity contribution is 6.63. The van der Waals surface area contributed by atoms with Crippen molar-refractivity contribution in [1.29, 1.82) is 0 Å². The number of methoxy groups -OCH3 is 1. The van der Waals surface area contributed by atoms with Gasteiger partial charge in [0, 0.05) is 17.4 Å². The number of carbonyl (C=O) groups excluding carboxylic acids is 1. The SMILES string of the molecule is COC(=O)c1cc(C)ncc1B1OC(C)(C)C(C)(C)O1. The average Bonchev–Trinajstić information content (AvgIpc) is 2.57. The molecule has 0 unspecified atom stereocenters. The third kappa shape index (κ3) is 2.45. The van der Waals surface area contributed by atoms with E-state index in [1.807, 2.05) is 34.6 Å². The van der Waals surface area contributed by atoms with Crippen LogP contribution >= 0.6 is 0 Å². The fraction of sp³-hybridized carbons (Fsp3) is 0.571. The van der Waals surface area contributed by atoms with Gasteiger partial charge in [0.1, 0.15) is 0 Å². The van der Waals surface area contributed by atoms with Crippen LogP contribution in [0.2, 0.25) is 0 Å². The topological polar surface area (TPSA) is 57.7 Å². The number of pyridine rings is 1. The molecule has 1 fully saturated rings. The Morgan fingerprint density at radius 2 is 1.80 bits per heavy atom. The number of esters is 1. The van der Waals surface area contributed by atoms with Gasteiger partial charge in [0.05, 0.1) is 23.9 Å². The van der Waals surface area contributed by atoms with Gasteiger partial charge < -0.3 is 14.0 Å². The zero-order chi connectivity index (χ0) is 15.1. The van der Waals surface area contributed by atoms with Gasteiger partial charge in [-0.05, 0) is 40.7 Å². The summed E-state index contributed by atoms with van der Waals surface area (Å²) in [7, 11) is 0.730. The largest absolute Gasteiger partial charge is 0.497 e. The molecule has 2 heterocycles. The summed E-state index contributed by atoms with van der Waals surface area (Å²) in [5.74, 6) is -0.416. The second-order valence-corrected chi connectivity index (χ2v) is 5.99. The molecule has 0 radical (unpaired) electrons. The van der Waals surface area contributed by atoms with Crippen molar-refractivity contribution in [2.24, 2.45) is 0 Å². The summed E-state index contributed by atoms with van der Waals surface area (Å²) in [6.07, 6.45) is 1.61. The number of carbonyl (C=O) groups is 1. The molecule has 20 heavy (non-hydrogen) atoms. The maximum absolute atomic E-state index is 11.9. The molecule has 0 amide bonds. The minimum atomic E-state index is -0.623. The highest BCUT2D eigenvalue weighted by Crippen LogP contribution is 2.36. The van der Waals surface area contributed by atoms with Crippen LogP contribution in [0.1, 0.15) is 43.7 Å². The van der Waals surface area contributed by atoms with E-state index in [9.17, 15) is 4.79 Å². The molecule has 0 spiro atoms. The van der Waals surface area contributed by atoms with E-state index in [-0.39, 0.29) is 0 Å². The molecular formula is C14H20BNO4. The van der Waals surface area contributed by atoms with Gasteiger partial charge in [-0.25, -0.2) is 4.79 Å².